The van der Waals surface area contributed by atoms with Crippen molar-refractivity contribution in [1.29, 1.82) is 0 Å². The number of carboxylic acids is 1. The van der Waals surface area contributed by atoms with Crippen molar-refractivity contribution in [2.75, 3.05) is 5.32 Å². The van der Waals surface area contributed by atoms with E-state index in [0.717, 1.165) is 18.7 Å². The second-order valence-electron chi connectivity index (χ2n) is 5.20. The Morgan fingerprint density at radius 1 is 1.24 bits per heavy atom. The van der Waals surface area contributed by atoms with Gasteiger partial charge in [-0.15, -0.1) is 0 Å². The highest BCUT2D eigenvalue weighted by atomic mass is 16.4. The first-order chi connectivity index (χ1) is 10.1. The lowest BCUT2D eigenvalue weighted by atomic mass is 10.1. The highest BCUT2D eigenvalue weighted by Crippen LogP contribution is 2.13. The fourth-order valence-electron chi connectivity index (χ4n) is 2.22. The smallest absolute Gasteiger partial charge is 0.337 e. The molecule has 0 aliphatic heterocycles. The van der Waals surface area contributed by atoms with Gasteiger partial charge in [0.1, 0.15) is 5.82 Å². The maximum absolute atomic E-state index is 11.0. The summed E-state index contributed by atoms with van der Waals surface area (Å²) in [4.78, 5) is 15.3. The number of carbonyl (C=O) groups is 1. The van der Waals surface area contributed by atoms with Crippen molar-refractivity contribution < 1.29 is 9.90 Å². The topological polar surface area (TPSA) is 62.2 Å². The summed E-state index contributed by atoms with van der Waals surface area (Å²) in [5.41, 5.74) is 2.09. The maximum Gasteiger partial charge on any atom is 0.337 e. The second-order valence-corrected chi connectivity index (χ2v) is 5.20. The first-order valence-corrected chi connectivity index (χ1v) is 7.07. The highest BCUT2D eigenvalue weighted by Gasteiger charge is 2.10. The number of carboxylic acid groups (broad SMARTS) is 1. The van der Waals surface area contributed by atoms with Crippen LogP contribution in [0, 0.1) is 6.92 Å². The number of anilines is 1. The molecule has 1 aromatic carbocycles. The van der Waals surface area contributed by atoms with Crippen molar-refractivity contribution in [3.8, 4) is 0 Å². The SMILES string of the molecule is Cc1nc(NC(C)CCc2ccccc2)ccc1C(=O)O. The number of hydrogen-bond acceptors (Lipinski definition) is 3. The molecule has 0 saturated carbocycles. The van der Waals surface area contributed by atoms with Crippen molar-refractivity contribution in [3.63, 3.8) is 0 Å². The molecule has 2 N–H and O–H groups in total. The predicted octanol–water partition coefficient (Wildman–Crippen LogP) is 3.52. The molecule has 110 valence electrons. The molecule has 21 heavy (non-hydrogen) atoms. The zero-order valence-electron chi connectivity index (χ0n) is 12.3. The maximum atomic E-state index is 11.0. The molecule has 2 aromatic rings. The summed E-state index contributed by atoms with van der Waals surface area (Å²) in [5.74, 6) is -0.221. The first kappa shape index (κ1) is 15.0. The minimum atomic E-state index is -0.941. The average molecular weight is 284 g/mol. The third kappa shape index (κ3) is 4.31. The standard InChI is InChI=1S/C17H20N2O2/c1-12(8-9-14-6-4-3-5-7-14)18-16-11-10-15(17(20)21)13(2)19-16/h3-7,10-12H,8-9H2,1-2H3,(H,18,19)(H,20,21). The van der Waals surface area contributed by atoms with E-state index in [1.165, 1.54) is 5.56 Å². The van der Waals surface area contributed by atoms with Crippen LogP contribution in [-0.2, 0) is 6.42 Å². The van der Waals surface area contributed by atoms with Gasteiger partial charge in [0, 0.05) is 6.04 Å². The van der Waals surface area contributed by atoms with Crippen LogP contribution in [0.1, 0.15) is 35.0 Å². The van der Waals surface area contributed by atoms with E-state index in [-0.39, 0.29) is 11.6 Å². The number of pyridine rings is 1. The van der Waals surface area contributed by atoms with Crippen molar-refractivity contribution in [2.45, 2.75) is 32.7 Å². The molecule has 1 unspecified atom stereocenters. The molecular weight excluding hydrogens is 264 g/mol. The predicted molar refractivity (Wildman–Crippen MR) is 83.8 cm³/mol. The number of aryl methyl sites for hydroxylation is 2. The third-order valence-corrected chi connectivity index (χ3v) is 3.42. The molecule has 0 radical (unpaired) electrons. The lowest BCUT2D eigenvalue weighted by Crippen LogP contribution is -2.17. The molecule has 0 amide bonds. The van der Waals surface area contributed by atoms with Crippen LogP contribution in [0.5, 0.6) is 0 Å². The third-order valence-electron chi connectivity index (χ3n) is 3.42. The lowest BCUT2D eigenvalue weighted by Gasteiger charge is -2.15. The van der Waals surface area contributed by atoms with Gasteiger partial charge in [0.05, 0.1) is 11.3 Å². The number of aromatic nitrogens is 1. The minimum absolute atomic E-state index is 0.248. The Balaban J connectivity index is 1.92. The van der Waals surface area contributed by atoms with Crippen LogP contribution in [0.4, 0.5) is 5.82 Å². The fraction of sp³-hybridized carbons (Fsp3) is 0.294. The van der Waals surface area contributed by atoms with Crippen LogP contribution < -0.4 is 5.32 Å². The van der Waals surface area contributed by atoms with Crippen LogP contribution in [0.2, 0.25) is 0 Å². The van der Waals surface area contributed by atoms with Gasteiger partial charge >= 0.3 is 5.97 Å². The fourth-order valence-corrected chi connectivity index (χ4v) is 2.22. The van der Waals surface area contributed by atoms with Crippen LogP contribution in [0.3, 0.4) is 0 Å². The van der Waals surface area contributed by atoms with Gasteiger partial charge in [-0.1, -0.05) is 30.3 Å². The number of hydrogen-bond donors (Lipinski definition) is 2. The molecular formula is C17H20N2O2. The quantitative estimate of drug-likeness (QED) is 0.852. The van der Waals surface area contributed by atoms with E-state index in [0.29, 0.717) is 5.69 Å². The Bertz CT molecular complexity index is 611. The van der Waals surface area contributed by atoms with Crippen molar-refractivity contribution in [3.05, 3.63) is 59.3 Å². The normalized spacial score (nSPS) is 11.9. The monoisotopic (exact) mass is 284 g/mol. The molecule has 1 heterocycles. The number of rotatable bonds is 6. The van der Waals surface area contributed by atoms with E-state index >= 15 is 0 Å². The molecule has 2 rings (SSSR count). The summed E-state index contributed by atoms with van der Waals surface area (Å²) in [6.07, 6.45) is 1.99. The number of nitrogens with zero attached hydrogens (tertiary/aromatic N) is 1. The van der Waals surface area contributed by atoms with Crippen LogP contribution >= 0.6 is 0 Å². The van der Waals surface area contributed by atoms with E-state index in [2.05, 4.69) is 29.4 Å². The Labute approximate surface area is 124 Å². The Morgan fingerprint density at radius 3 is 2.57 bits per heavy atom. The molecule has 0 aliphatic rings. The highest BCUT2D eigenvalue weighted by molar-refractivity contribution is 5.89. The van der Waals surface area contributed by atoms with E-state index < -0.39 is 5.97 Å². The van der Waals surface area contributed by atoms with Crippen molar-refractivity contribution >= 4 is 11.8 Å². The van der Waals surface area contributed by atoms with Gasteiger partial charge in [0.25, 0.3) is 0 Å². The summed E-state index contributed by atoms with van der Waals surface area (Å²) < 4.78 is 0. The molecule has 1 atom stereocenters. The van der Waals surface area contributed by atoms with Crippen LogP contribution in [-0.4, -0.2) is 22.1 Å². The van der Waals surface area contributed by atoms with E-state index in [9.17, 15) is 4.79 Å². The molecule has 0 fully saturated rings. The van der Waals surface area contributed by atoms with E-state index in [1.54, 1.807) is 19.1 Å². The molecule has 0 spiro atoms. The largest absolute Gasteiger partial charge is 0.478 e. The summed E-state index contributed by atoms with van der Waals surface area (Å²) >= 11 is 0. The van der Waals surface area contributed by atoms with Crippen molar-refractivity contribution in [2.24, 2.45) is 0 Å². The summed E-state index contributed by atoms with van der Waals surface area (Å²) in [5, 5.41) is 12.3. The van der Waals surface area contributed by atoms with Gasteiger partial charge < -0.3 is 10.4 Å². The Kier molecular flexibility index (Phi) is 4.93. The molecule has 4 nitrogen and oxygen atoms in total. The van der Waals surface area contributed by atoms with Gasteiger partial charge in [-0.3, -0.25) is 0 Å². The molecule has 0 aliphatic carbocycles. The summed E-state index contributed by atoms with van der Waals surface area (Å²) in [6.45, 7) is 3.81. The van der Waals surface area contributed by atoms with Crippen LogP contribution in [0.25, 0.3) is 0 Å². The zero-order chi connectivity index (χ0) is 15.2. The number of nitrogens with one attached hydrogen (secondary N) is 1. The van der Waals surface area contributed by atoms with E-state index in [1.807, 2.05) is 18.2 Å². The Morgan fingerprint density at radius 2 is 1.95 bits per heavy atom. The number of benzene rings is 1. The average Bonchev–Trinajstić information content (AvgIpc) is 2.46. The second kappa shape index (κ2) is 6.88. The summed E-state index contributed by atoms with van der Waals surface area (Å²) in [6, 6.07) is 13.9. The lowest BCUT2D eigenvalue weighted by molar-refractivity contribution is 0.0695. The van der Waals surface area contributed by atoms with Gasteiger partial charge in [0.2, 0.25) is 0 Å². The van der Waals surface area contributed by atoms with Gasteiger partial charge in [-0.2, -0.15) is 0 Å². The van der Waals surface area contributed by atoms with Gasteiger partial charge in [-0.25, -0.2) is 9.78 Å². The molecule has 1 aromatic heterocycles. The number of aromatic carboxylic acids is 1. The minimum Gasteiger partial charge on any atom is -0.478 e. The van der Waals surface area contributed by atoms with Gasteiger partial charge in [0.15, 0.2) is 0 Å². The molecule has 0 bridgehead atoms. The van der Waals surface area contributed by atoms with Crippen molar-refractivity contribution in [1.82, 2.24) is 4.98 Å². The van der Waals surface area contributed by atoms with Crippen LogP contribution in [0.15, 0.2) is 42.5 Å². The molecule has 0 saturated heterocycles. The first-order valence-electron chi connectivity index (χ1n) is 7.07. The van der Waals surface area contributed by atoms with E-state index in [4.69, 9.17) is 5.11 Å². The van der Waals surface area contributed by atoms with Gasteiger partial charge in [-0.05, 0) is 44.4 Å². The molecule has 4 heteroatoms. The zero-order valence-corrected chi connectivity index (χ0v) is 12.3. The Hall–Kier alpha value is -2.36. The summed E-state index contributed by atoms with van der Waals surface area (Å²) in [7, 11) is 0.